The van der Waals surface area contributed by atoms with Crippen LogP contribution in [0.25, 0.3) is 0 Å². The first-order valence-corrected chi connectivity index (χ1v) is 16.2. The van der Waals surface area contributed by atoms with Crippen LogP contribution < -0.4 is 5.30 Å². The van der Waals surface area contributed by atoms with Crippen LogP contribution in [-0.4, -0.2) is 34.1 Å². The Labute approximate surface area is 132 Å². The fraction of sp³-hybridized carbons (Fsp3) is 0.600. The molecule has 0 fully saturated rings. The van der Waals surface area contributed by atoms with E-state index in [0.717, 1.165) is 0 Å². The molecule has 0 nitrogen and oxygen atoms in total. The van der Waals surface area contributed by atoms with Crippen molar-refractivity contribution in [3.8, 4) is 0 Å². The Hall–Kier alpha value is 0.736. The summed E-state index contributed by atoms with van der Waals surface area (Å²) in [6.07, 6.45) is 0. The van der Waals surface area contributed by atoms with E-state index in [1.807, 2.05) is 0 Å². The second kappa shape index (κ2) is 6.67. The summed E-state index contributed by atoms with van der Waals surface area (Å²) in [5.74, 6) is 1.29. The Kier molecular flexibility index (Phi) is 6.24. The summed E-state index contributed by atoms with van der Waals surface area (Å²) in [7, 11) is -0.934. The molecule has 0 amide bonds. The van der Waals surface area contributed by atoms with Crippen LogP contribution >= 0.6 is 16.1 Å². The topological polar surface area (TPSA) is 0 Å². The molecule has 0 aliphatic rings. The van der Waals surface area contributed by atoms with E-state index >= 15 is 0 Å². The van der Waals surface area contributed by atoms with Crippen molar-refractivity contribution in [2.24, 2.45) is 0 Å². The van der Waals surface area contributed by atoms with Crippen LogP contribution in [0.5, 0.6) is 0 Å². The maximum absolute atomic E-state index is 3.62. The quantitative estimate of drug-likeness (QED) is 0.502. The van der Waals surface area contributed by atoms with Crippen LogP contribution in [0.2, 0.25) is 25.7 Å². The van der Waals surface area contributed by atoms with Gasteiger partial charge < -0.3 is 0 Å². The predicted molar refractivity (Wildman–Crippen MR) is 99.1 cm³/mol. The Morgan fingerprint density at radius 3 is 2.05 bits per heavy atom. The average molecular weight is 377 g/mol. The van der Waals surface area contributed by atoms with Crippen LogP contribution in [0, 0.1) is 0 Å². The summed E-state index contributed by atoms with van der Waals surface area (Å²) in [5.41, 5.74) is 0. The molecule has 0 aliphatic carbocycles. The van der Waals surface area contributed by atoms with E-state index in [1.54, 1.807) is 0 Å². The minimum atomic E-state index is -1.28. The Bertz CT molecular complexity index is 445. The Morgan fingerprint density at radius 1 is 1.11 bits per heavy atom. The van der Waals surface area contributed by atoms with Crippen LogP contribution in [0.1, 0.15) is 20.8 Å². The van der Waals surface area contributed by atoms with Gasteiger partial charge in [0.2, 0.25) is 0 Å². The summed E-state index contributed by atoms with van der Waals surface area (Å²) in [5, 5.41) is 1.83. The van der Waals surface area contributed by atoms with Gasteiger partial charge in [-0.15, -0.1) is 0 Å². The third kappa shape index (κ3) is 5.21. The molecular formula is C15H27PSSeSi. The molecule has 1 unspecified atom stereocenters. The predicted octanol–water partition coefficient (Wildman–Crippen LogP) is 5.20. The monoisotopic (exact) mass is 378 g/mol. The molecule has 1 rings (SSSR count). The van der Waals surface area contributed by atoms with Crippen molar-refractivity contribution < 1.29 is 0 Å². The average Bonchev–Trinajstić information content (AvgIpc) is 2.26. The van der Waals surface area contributed by atoms with E-state index in [9.17, 15) is 0 Å². The summed E-state index contributed by atoms with van der Waals surface area (Å²) < 4.78 is -1.28. The van der Waals surface area contributed by atoms with Crippen molar-refractivity contribution in [1.82, 2.24) is 0 Å². The van der Waals surface area contributed by atoms with E-state index in [-0.39, 0.29) is 0 Å². The number of hydrogen-bond donors (Lipinski definition) is 0. The molecule has 1 aromatic rings. The molecule has 0 saturated carbocycles. The first kappa shape index (κ1) is 17.8. The standard InChI is InChI=1S/C15H27PSSeSi/c1-15(2,3)16(18,14-10-8-7-9-11-14)17-12-13-19(4,5)6/h7-11H,12-13H2,1-6H3. The van der Waals surface area contributed by atoms with E-state index in [2.05, 4.69) is 97.2 Å². The third-order valence-electron chi connectivity index (χ3n) is 3.10. The second-order valence-electron chi connectivity index (χ2n) is 7.20. The van der Waals surface area contributed by atoms with Crippen molar-refractivity contribution in [3.63, 3.8) is 0 Å². The van der Waals surface area contributed by atoms with Gasteiger partial charge in [-0.05, 0) is 0 Å². The van der Waals surface area contributed by atoms with Gasteiger partial charge in [0.05, 0.1) is 0 Å². The van der Waals surface area contributed by atoms with Crippen molar-refractivity contribution in [1.29, 1.82) is 0 Å². The first-order valence-electron chi connectivity index (χ1n) is 6.87. The maximum atomic E-state index is 3.62. The van der Waals surface area contributed by atoms with Gasteiger partial charge in [0, 0.05) is 0 Å². The van der Waals surface area contributed by atoms with Crippen molar-refractivity contribution in [2.75, 3.05) is 5.75 Å². The summed E-state index contributed by atoms with van der Waals surface area (Å²) >= 11 is 5.82. The molecule has 1 aromatic carbocycles. The minimum absolute atomic E-state index is 0.318. The molecule has 0 aliphatic heterocycles. The summed E-state index contributed by atoms with van der Waals surface area (Å²) in [4.78, 5) is 0. The van der Waals surface area contributed by atoms with Gasteiger partial charge in [-0.25, -0.2) is 0 Å². The number of benzene rings is 1. The Balaban J connectivity index is 2.94. The van der Waals surface area contributed by atoms with Crippen molar-refractivity contribution in [2.45, 2.75) is 51.6 Å². The fourth-order valence-corrected chi connectivity index (χ4v) is 12.4. The van der Waals surface area contributed by atoms with E-state index < -0.39 is 12.8 Å². The molecule has 0 radical (unpaired) electrons. The van der Waals surface area contributed by atoms with Gasteiger partial charge in [0.1, 0.15) is 0 Å². The Morgan fingerprint density at radius 2 is 1.63 bits per heavy atom. The zero-order chi connectivity index (χ0) is 14.7. The van der Waals surface area contributed by atoms with E-state index in [1.165, 1.54) is 17.1 Å². The molecule has 0 N–H and O–H groups in total. The van der Waals surface area contributed by atoms with Gasteiger partial charge >= 0.3 is 132 Å². The van der Waals surface area contributed by atoms with Crippen molar-refractivity contribution >= 4 is 44.6 Å². The molecule has 1 atom stereocenters. The first-order chi connectivity index (χ1) is 8.56. The van der Waals surface area contributed by atoms with Gasteiger partial charge in [-0.2, -0.15) is 0 Å². The van der Waals surface area contributed by atoms with E-state index in [0.29, 0.717) is 5.16 Å². The molecular weight excluding hydrogens is 350 g/mol. The van der Waals surface area contributed by atoms with Crippen LogP contribution in [0.3, 0.4) is 0 Å². The van der Waals surface area contributed by atoms with Gasteiger partial charge in [0.15, 0.2) is 0 Å². The zero-order valence-electron chi connectivity index (χ0n) is 13.1. The van der Waals surface area contributed by atoms with E-state index in [4.69, 9.17) is 0 Å². The molecule has 19 heavy (non-hydrogen) atoms. The third-order valence-corrected chi connectivity index (χ3v) is 19.4. The zero-order valence-corrected chi connectivity index (χ0v) is 17.5. The molecule has 0 heterocycles. The van der Waals surface area contributed by atoms with Gasteiger partial charge in [0.25, 0.3) is 0 Å². The molecule has 108 valence electrons. The summed E-state index contributed by atoms with van der Waals surface area (Å²) in [6, 6.07) is 12.5. The van der Waals surface area contributed by atoms with Crippen LogP contribution in [0.4, 0.5) is 0 Å². The molecule has 4 heteroatoms. The van der Waals surface area contributed by atoms with Gasteiger partial charge in [-0.1, -0.05) is 0 Å². The number of rotatable bonds is 5. The molecule has 0 aromatic heterocycles. The van der Waals surface area contributed by atoms with Gasteiger partial charge in [-0.3, -0.25) is 0 Å². The normalized spacial score (nSPS) is 16.1. The van der Waals surface area contributed by atoms with Crippen molar-refractivity contribution in [3.05, 3.63) is 30.3 Å². The molecule has 0 spiro atoms. The van der Waals surface area contributed by atoms with Crippen LogP contribution in [-0.2, 0) is 0 Å². The second-order valence-corrected chi connectivity index (χ2v) is 23.9. The SMILES string of the molecule is CC(C)(C)P(=[Se])(SCC[Si](C)(C)C)c1ccccc1. The molecule has 0 saturated heterocycles. The summed E-state index contributed by atoms with van der Waals surface area (Å²) in [6.45, 7) is 14.5. The number of hydrogen-bond acceptors (Lipinski definition) is 1. The fourth-order valence-electron chi connectivity index (χ4n) is 1.76. The molecule has 0 bridgehead atoms. The van der Waals surface area contributed by atoms with Crippen LogP contribution in [0.15, 0.2) is 30.3 Å².